The van der Waals surface area contributed by atoms with E-state index in [1.165, 1.54) is 18.4 Å². The summed E-state index contributed by atoms with van der Waals surface area (Å²) < 4.78 is 3.83. The summed E-state index contributed by atoms with van der Waals surface area (Å²) >= 11 is 0. The van der Waals surface area contributed by atoms with Gasteiger partial charge in [-0.2, -0.15) is 5.10 Å². The van der Waals surface area contributed by atoms with Crippen molar-refractivity contribution in [2.45, 2.75) is 51.5 Å². The molecule has 6 nitrogen and oxygen atoms in total. The number of aromatic nitrogens is 4. The van der Waals surface area contributed by atoms with Crippen molar-refractivity contribution in [2.24, 2.45) is 13.0 Å². The third kappa shape index (κ3) is 3.90. The van der Waals surface area contributed by atoms with Gasteiger partial charge < -0.3 is 9.47 Å². The highest BCUT2D eigenvalue weighted by Crippen LogP contribution is 2.20. The van der Waals surface area contributed by atoms with E-state index in [-0.39, 0.29) is 5.56 Å². The highest BCUT2D eigenvalue weighted by Gasteiger charge is 2.21. The summed E-state index contributed by atoms with van der Waals surface area (Å²) in [7, 11) is 2.05. The van der Waals surface area contributed by atoms with Crippen LogP contribution in [0.1, 0.15) is 42.8 Å². The molecule has 0 unspecified atom stereocenters. The Balaban J connectivity index is 1.30. The molecule has 0 bridgehead atoms. The van der Waals surface area contributed by atoms with Crippen molar-refractivity contribution in [3.05, 3.63) is 45.9 Å². The first-order chi connectivity index (χ1) is 12.7. The van der Waals surface area contributed by atoms with E-state index >= 15 is 0 Å². The molecular weight excluding hydrogens is 326 g/mol. The topological polar surface area (TPSA) is 56.0 Å². The Labute approximate surface area is 154 Å². The average molecular weight is 355 g/mol. The standard InChI is InChI=1S/C20H29N5O/c1-23-13-9-21-19(23)8-12-24-10-6-16(7-11-24)15-25-20(26)14-17-4-2-3-5-18(17)22-25/h9,13-14,16H,2-8,10-12,15H2,1H3. The lowest BCUT2D eigenvalue weighted by atomic mass is 9.95. The fourth-order valence-corrected chi connectivity index (χ4v) is 4.26. The monoisotopic (exact) mass is 355 g/mol. The first-order valence-electron chi connectivity index (χ1n) is 9.97. The number of fused-ring (bicyclic) bond motifs is 1. The van der Waals surface area contributed by atoms with E-state index in [0.717, 1.165) is 69.8 Å². The predicted octanol–water partition coefficient (Wildman–Crippen LogP) is 1.81. The molecule has 1 aliphatic heterocycles. The third-order valence-corrected chi connectivity index (χ3v) is 5.98. The maximum atomic E-state index is 12.4. The van der Waals surface area contributed by atoms with Crippen LogP contribution < -0.4 is 5.56 Å². The molecule has 6 heteroatoms. The molecule has 26 heavy (non-hydrogen) atoms. The molecule has 1 saturated heterocycles. The maximum Gasteiger partial charge on any atom is 0.267 e. The Bertz CT molecular complexity index is 801. The molecule has 3 heterocycles. The number of aryl methyl sites for hydroxylation is 3. The minimum Gasteiger partial charge on any atom is -0.338 e. The van der Waals surface area contributed by atoms with Gasteiger partial charge in [-0.15, -0.1) is 0 Å². The molecule has 140 valence electrons. The average Bonchev–Trinajstić information content (AvgIpc) is 3.07. The Morgan fingerprint density at radius 1 is 1.19 bits per heavy atom. The molecule has 0 atom stereocenters. The molecular formula is C20H29N5O. The van der Waals surface area contributed by atoms with Crippen molar-refractivity contribution in [1.82, 2.24) is 24.2 Å². The van der Waals surface area contributed by atoms with Gasteiger partial charge in [-0.05, 0) is 63.1 Å². The van der Waals surface area contributed by atoms with Crippen LogP contribution in [0.15, 0.2) is 23.3 Å². The van der Waals surface area contributed by atoms with Crippen LogP contribution in [0.5, 0.6) is 0 Å². The van der Waals surface area contributed by atoms with Gasteiger partial charge in [0.15, 0.2) is 0 Å². The molecule has 0 amide bonds. The van der Waals surface area contributed by atoms with Crippen molar-refractivity contribution in [1.29, 1.82) is 0 Å². The highest BCUT2D eigenvalue weighted by molar-refractivity contribution is 5.20. The highest BCUT2D eigenvalue weighted by atomic mass is 16.1. The summed E-state index contributed by atoms with van der Waals surface area (Å²) in [4.78, 5) is 19.3. The van der Waals surface area contributed by atoms with Crippen molar-refractivity contribution in [3.8, 4) is 0 Å². The van der Waals surface area contributed by atoms with Crippen molar-refractivity contribution in [2.75, 3.05) is 19.6 Å². The van der Waals surface area contributed by atoms with Gasteiger partial charge in [0.1, 0.15) is 5.82 Å². The van der Waals surface area contributed by atoms with E-state index in [2.05, 4.69) is 26.6 Å². The predicted molar refractivity (Wildman–Crippen MR) is 101 cm³/mol. The SMILES string of the molecule is Cn1ccnc1CCN1CCC(Cn2nc3c(cc2=O)CCCC3)CC1. The van der Waals surface area contributed by atoms with E-state index in [4.69, 9.17) is 0 Å². The smallest absolute Gasteiger partial charge is 0.267 e. The van der Waals surface area contributed by atoms with Crippen molar-refractivity contribution >= 4 is 0 Å². The van der Waals surface area contributed by atoms with Gasteiger partial charge in [0, 0.05) is 45.0 Å². The lowest BCUT2D eigenvalue weighted by molar-refractivity contribution is 0.170. The molecule has 2 aliphatic rings. The minimum absolute atomic E-state index is 0.0860. The summed E-state index contributed by atoms with van der Waals surface area (Å²) in [6, 6.07) is 1.84. The van der Waals surface area contributed by atoms with E-state index in [0.29, 0.717) is 5.92 Å². The zero-order valence-electron chi connectivity index (χ0n) is 15.7. The van der Waals surface area contributed by atoms with Crippen LogP contribution >= 0.6 is 0 Å². The van der Waals surface area contributed by atoms with E-state index in [1.807, 2.05) is 18.5 Å². The molecule has 0 spiro atoms. The van der Waals surface area contributed by atoms with Crippen LogP contribution in [0.4, 0.5) is 0 Å². The maximum absolute atomic E-state index is 12.4. The number of piperidine rings is 1. The molecule has 4 rings (SSSR count). The fourth-order valence-electron chi connectivity index (χ4n) is 4.26. The largest absolute Gasteiger partial charge is 0.338 e. The van der Waals surface area contributed by atoms with Crippen LogP contribution in [0.3, 0.4) is 0 Å². The summed E-state index contributed by atoms with van der Waals surface area (Å²) in [5, 5.41) is 4.69. The molecule has 2 aromatic heterocycles. The number of nitrogens with zero attached hydrogens (tertiary/aromatic N) is 5. The number of rotatable bonds is 5. The fraction of sp³-hybridized carbons (Fsp3) is 0.650. The third-order valence-electron chi connectivity index (χ3n) is 5.98. The molecule has 1 aliphatic carbocycles. The zero-order chi connectivity index (χ0) is 17.9. The summed E-state index contributed by atoms with van der Waals surface area (Å²) in [6.45, 7) is 4.05. The molecule has 0 aromatic carbocycles. The van der Waals surface area contributed by atoms with Gasteiger partial charge in [0.05, 0.1) is 5.69 Å². The van der Waals surface area contributed by atoms with Crippen LogP contribution in [0.25, 0.3) is 0 Å². The van der Waals surface area contributed by atoms with E-state index in [9.17, 15) is 4.79 Å². The Kier molecular flexibility index (Phi) is 5.20. The van der Waals surface area contributed by atoms with Gasteiger partial charge in [0.25, 0.3) is 5.56 Å². The Hall–Kier alpha value is -1.95. The second-order valence-corrected chi connectivity index (χ2v) is 7.83. The van der Waals surface area contributed by atoms with Gasteiger partial charge in [0.2, 0.25) is 0 Å². The van der Waals surface area contributed by atoms with Gasteiger partial charge in [-0.3, -0.25) is 4.79 Å². The molecule has 0 saturated carbocycles. The lowest BCUT2D eigenvalue weighted by Gasteiger charge is -2.32. The van der Waals surface area contributed by atoms with Crippen LogP contribution in [-0.4, -0.2) is 43.9 Å². The number of hydrogen-bond acceptors (Lipinski definition) is 4. The van der Waals surface area contributed by atoms with Crippen molar-refractivity contribution in [3.63, 3.8) is 0 Å². The van der Waals surface area contributed by atoms with Crippen LogP contribution in [0.2, 0.25) is 0 Å². The molecule has 0 N–H and O–H groups in total. The quantitative estimate of drug-likeness (QED) is 0.821. The Morgan fingerprint density at radius 3 is 2.77 bits per heavy atom. The van der Waals surface area contributed by atoms with Gasteiger partial charge in [-0.1, -0.05) is 0 Å². The number of likely N-dealkylation sites (tertiary alicyclic amines) is 1. The Morgan fingerprint density at radius 2 is 2.00 bits per heavy atom. The molecule has 0 radical (unpaired) electrons. The second-order valence-electron chi connectivity index (χ2n) is 7.83. The zero-order valence-corrected chi connectivity index (χ0v) is 15.7. The second kappa shape index (κ2) is 7.74. The van der Waals surface area contributed by atoms with Crippen molar-refractivity contribution < 1.29 is 0 Å². The molecule has 1 fully saturated rings. The minimum atomic E-state index is 0.0860. The normalized spacial score (nSPS) is 18.8. The summed E-state index contributed by atoms with van der Waals surface area (Å²) in [5.41, 5.74) is 2.42. The lowest BCUT2D eigenvalue weighted by Crippen LogP contribution is -2.38. The first kappa shape index (κ1) is 17.5. The van der Waals surface area contributed by atoms with E-state index in [1.54, 1.807) is 4.68 Å². The summed E-state index contributed by atoms with van der Waals surface area (Å²) in [6.07, 6.45) is 11.6. The van der Waals surface area contributed by atoms with Crippen LogP contribution in [0, 0.1) is 5.92 Å². The number of hydrogen-bond donors (Lipinski definition) is 0. The summed E-state index contributed by atoms with van der Waals surface area (Å²) in [5.74, 6) is 1.71. The molecule has 2 aromatic rings. The van der Waals surface area contributed by atoms with Gasteiger partial charge >= 0.3 is 0 Å². The van der Waals surface area contributed by atoms with Gasteiger partial charge in [-0.25, -0.2) is 9.67 Å². The van der Waals surface area contributed by atoms with E-state index < -0.39 is 0 Å². The number of imidazole rings is 1. The first-order valence-corrected chi connectivity index (χ1v) is 9.97. The van der Waals surface area contributed by atoms with Crippen LogP contribution in [-0.2, 0) is 32.9 Å².